The van der Waals surface area contributed by atoms with Gasteiger partial charge in [0.25, 0.3) is 0 Å². The number of halogens is 1. The second-order valence-electron chi connectivity index (χ2n) is 4.55. The van der Waals surface area contributed by atoms with Gasteiger partial charge in [0.15, 0.2) is 0 Å². The predicted molar refractivity (Wildman–Crippen MR) is 82.0 cm³/mol. The molecule has 0 unspecified atom stereocenters. The third-order valence-corrected chi connectivity index (χ3v) is 3.14. The summed E-state index contributed by atoms with van der Waals surface area (Å²) in [6.45, 7) is 6.39. The summed E-state index contributed by atoms with van der Waals surface area (Å²) in [4.78, 5) is 2.34. The smallest absolute Gasteiger partial charge is 0.119 e. The molecule has 116 valence electrons. The molecule has 0 bridgehead atoms. The summed E-state index contributed by atoms with van der Waals surface area (Å²) in [6.07, 6.45) is 0. The van der Waals surface area contributed by atoms with E-state index in [1.165, 1.54) is 0 Å². The molecule has 1 aliphatic rings. The van der Waals surface area contributed by atoms with Gasteiger partial charge in [-0.2, -0.15) is 5.26 Å². The highest BCUT2D eigenvalue weighted by Crippen LogP contribution is 2.11. The molecule has 5 nitrogen and oxygen atoms in total. The fourth-order valence-electron chi connectivity index (χ4n) is 1.96. The second kappa shape index (κ2) is 10.4. The van der Waals surface area contributed by atoms with Gasteiger partial charge in [0.05, 0.1) is 38.1 Å². The van der Waals surface area contributed by atoms with Crippen molar-refractivity contribution in [3.8, 4) is 11.8 Å². The fourth-order valence-corrected chi connectivity index (χ4v) is 1.96. The van der Waals surface area contributed by atoms with Crippen LogP contribution >= 0.6 is 12.4 Å². The van der Waals surface area contributed by atoms with Gasteiger partial charge in [0.1, 0.15) is 12.4 Å². The van der Waals surface area contributed by atoms with Crippen LogP contribution in [-0.2, 0) is 9.47 Å². The summed E-state index contributed by atoms with van der Waals surface area (Å²) in [7, 11) is 0. The molecule has 1 aliphatic heterocycles. The monoisotopic (exact) mass is 312 g/mol. The lowest BCUT2D eigenvalue weighted by atomic mass is 10.2. The highest BCUT2D eigenvalue weighted by Gasteiger charge is 2.09. The lowest BCUT2D eigenvalue weighted by molar-refractivity contribution is 0.0170. The molecular formula is C15H21ClN2O3. The molecule has 2 rings (SSSR count). The Morgan fingerprint density at radius 3 is 2.48 bits per heavy atom. The van der Waals surface area contributed by atoms with Crippen LogP contribution < -0.4 is 4.74 Å². The van der Waals surface area contributed by atoms with Crippen molar-refractivity contribution in [2.45, 2.75) is 0 Å². The molecule has 1 fully saturated rings. The first kappa shape index (κ1) is 17.7. The molecule has 1 saturated heterocycles. The Labute approximate surface area is 131 Å². The van der Waals surface area contributed by atoms with Crippen molar-refractivity contribution in [1.29, 1.82) is 5.26 Å². The van der Waals surface area contributed by atoms with Gasteiger partial charge in [-0.25, -0.2) is 0 Å². The molecule has 6 heteroatoms. The van der Waals surface area contributed by atoms with E-state index in [2.05, 4.69) is 11.0 Å². The van der Waals surface area contributed by atoms with E-state index in [4.69, 9.17) is 19.5 Å². The third-order valence-electron chi connectivity index (χ3n) is 3.14. The van der Waals surface area contributed by atoms with Crippen LogP contribution in [0.3, 0.4) is 0 Å². The Bertz CT molecular complexity index is 428. The molecule has 1 heterocycles. The predicted octanol–water partition coefficient (Wildman–Crippen LogP) is 1.71. The Kier molecular flexibility index (Phi) is 8.79. The number of nitrogens with zero attached hydrogens (tertiary/aromatic N) is 2. The number of morpholine rings is 1. The van der Waals surface area contributed by atoms with E-state index in [-0.39, 0.29) is 12.4 Å². The second-order valence-corrected chi connectivity index (χ2v) is 4.55. The van der Waals surface area contributed by atoms with E-state index in [1.807, 2.05) is 0 Å². The highest BCUT2D eigenvalue weighted by atomic mass is 35.5. The van der Waals surface area contributed by atoms with Gasteiger partial charge < -0.3 is 14.2 Å². The molecule has 0 aliphatic carbocycles. The minimum atomic E-state index is 0. The largest absolute Gasteiger partial charge is 0.491 e. The van der Waals surface area contributed by atoms with Crippen molar-refractivity contribution in [3.05, 3.63) is 29.8 Å². The maximum atomic E-state index is 8.69. The molecule has 0 atom stereocenters. The Balaban J connectivity index is 0.00000220. The molecule has 1 aromatic carbocycles. The van der Waals surface area contributed by atoms with Crippen molar-refractivity contribution in [2.24, 2.45) is 0 Å². The quantitative estimate of drug-likeness (QED) is 0.717. The van der Waals surface area contributed by atoms with Gasteiger partial charge >= 0.3 is 0 Å². The van der Waals surface area contributed by atoms with Gasteiger partial charge in [-0.1, -0.05) is 0 Å². The summed E-state index contributed by atoms with van der Waals surface area (Å²) in [5, 5.41) is 8.69. The van der Waals surface area contributed by atoms with Gasteiger partial charge in [-0.15, -0.1) is 12.4 Å². The van der Waals surface area contributed by atoms with Crippen LogP contribution in [0.5, 0.6) is 5.75 Å². The normalized spacial score (nSPS) is 15.0. The van der Waals surface area contributed by atoms with Crippen LogP contribution in [0, 0.1) is 11.3 Å². The van der Waals surface area contributed by atoms with Crippen molar-refractivity contribution in [1.82, 2.24) is 4.90 Å². The first-order chi connectivity index (χ1) is 9.88. The van der Waals surface area contributed by atoms with Crippen LogP contribution in [0.25, 0.3) is 0 Å². The minimum absolute atomic E-state index is 0. The maximum Gasteiger partial charge on any atom is 0.119 e. The zero-order chi connectivity index (χ0) is 14.0. The van der Waals surface area contributed by atoms with Gasteiger partial charge in [-0.05, 0) is 24.3 Å². The van der Waals surface area contributed by atoms with E-state index >= 15 is 0 Å². The SMILES string of the molecule is Cl.N#Cc1ccc(OCCOCCN2CCOCC2)cc1. The van der Waals surface area contributed by atoms with Crippen molar-refractivity contribution in [3.63, 3.8) is 0 Å². The van der Waals surface area contributed by atoms with E-state index in [1.54, 1.807) is 24.3 Å². The summed E-state index contributed by atoms with van der Waals surface area (Å²) >= 11 is 0. The maximum absolute atomic E-state index is 8.69. The van der Waals surface area contributed by atoms with Crippen molar-refractivity contribution >= 4 is 12.4 Å². The van der Waals surface area contributed by atoms with Gasteiger partial charge in [-0.3, -0.25) is 4.90 Å². The molecular weight excluding hydrogens is 292 g/mol. The standard InChI is InChI=1S/C15H20N2O3.ClH/c16-13-14-1-3-15(4-2-14)20-12-11-19-10-7-17-5-8-18-9-6-17;/h1-4H,5-12H2;1H. The average molecular weight is 313 g/mol. The first-order valence-electron chi connectivity index (χ1n) is 6.89. The number of hydrogen-bond acceptors (Lipinski definition) is 5. The van der Waals surface area contributed by atoms with Crippen molar-refractivity contribution in [2.75, 3.05) is 52.7 Å². The fraction of sp³-hybridized carbons (Fsp3) is 0.533. The topological polar surface area (TPSA) is 54.7 Å². The molecule has 0 aromatic heterocycles. The highest BCUT2D eigenvalue weighted by molar-refractivity contribution is 5.85. The Morgan fingerprint density at radius 2 is 1.81 bits per heavy atom. The Morgan fingerprint density at radius 1 is 1.10 bits per heavy atom. The summed E-state index contributed by atoms with van der Waals surface area (Å²) in [6, 6.07) is 9.16. The van der Waals surface area contributed by atoms with E-state index in [0.717, 1.165) is 45.2 Å². The molecule has 0 N–H and O–H groups in total. The van der Waals surface area contributed by atoms with E-state index in [0.29, 0.717) is 18.8 Å². The molecule has 0 radical (unpaired) electrons. The average Bonchev–Trinajstić information content (AvgIpc) is 2.52. The molecule has 21 heavy (non-hydrogen) atoms. The zero-order valence-corrected chi connectivity index (χ0v) is 12.8. The van der Waals surface area contributed by atoms with Crippen LogP contribution in [0.2, 0.25) is 0 Å². The van der Waals surface area contributed by atoms with Crippen LogP contribution in [0.1, 0.15) is 5.56 Å². The van der Waals surface area contributed by atoms with Gasteiger partial charge in [0, 0.05) is 19.6 Å². The van der Waals surface area contributed by atoms with Crippen LogP contribution in [0.4, 0.5) is 0 Å². The number of ether oxygens (including phenoxy) is 3. The molecule has 0 amide bonds. The van der Waals surface area contributed by atoms with Gasteiger partial charge in [0.2, 0.25) is 0 Å². The van der Waals surface area contributed by atoms with E-state index < -0.39 is 0 Å². The minimum Gasteiger partial charge on any atom is -0.491 e. The van der Waals surface area contributed by atoms with Crippen LogP contribution in [0.15, 0.2) is 24.3 Å². The number of rotatable bonds is 7. The van der Waals surface area contributed by atoms with Crippen molar-refractivity contribution < 1.29 is 14.2 Å². The lowest BCUT2D eigenvalue weighted by Gasteiger charge is -2.26. The zero-order valence-electron chi connectivity index (χ0n) is 12.0. The number of hydrogen-bond donors (Lipinski definition) is 0. The molecule has 1 aromatic rings. The van der Waals surface area contributed by atoms with E-state index in [9.17, 15) is 0 Å². The molecule has 0 spiro atoms. The number of nitriles is 1. The molecule has 0 saturated carbocycles. The lowest BCUT2D eigenvalue weighted by Crippen LogP contribution is -2.38. The Hall–Kier alpha value is -1.32. The summed E-state index contributed by atoms with van der Waals surface area (Å²) in [5.74, 6) is 0.765. The van der Waals surface area contributed by atoms with Crippen LogP contribution in [-0.4, -0.2) is 57.6 Å². The number of benzene rings is 1. The summed E-state index contributed by atoms with van der Waals surface area (Å²) in [5.41, 5.74) is 0.638. The summed E-state index contributed by atoms with van der Waals surface area (Å²) < 4.78 is 16.4. The third kappa shape index (κ3) is 6.78. The first-order valence-corrected chi connectivity index (χ1v) is 6.89.